The Bertz CT molecular complexity index is 1240. The first-order valence-corrected chi connectivity index (χ1v) is 12.9. The lowest BCUT2D eigenvalue weighted by atomic mass is 9.88. The molecule has 2 aromatic carbocycles. The summed E-state index contributed by atoms with van der Waals surface area (Å²) in [5.74, 6) is -0.866. The van der Waals surface area contributed by atoms with Crippen molar-refractivity contribution in [1.29, 1.82) is 0 Å². The Hall–Kier alpha value is -2.49. The molecule has 1 aliphatic heterocycles. The fraction of sp³-hybridized carbons (Fsp3) is 0.208. The first-order valence-electron chi connectivity index (χ1n) is 10.1. The van der Waals surface area contributed by atoms with E-state index < -0.39 is 21.6 Å². The van der Waals surface area contributed by atoms with Crippen LogP contribution in [0.4, 0.5) is 0 Å². The maximum absolute atomic E-state index is 12.0. The van der Waals surface area contributed by atoms with Gasteiger partial charge in [-0.1, -0.05) is 60.1 Å². The quantitative estimate of drug-likeness (QED) is 0.456. The number of benzene rings is 2. The second-order valence-electron chi connectivity index (χ2n) is 7.63. The fourth-order valence-corrected chi connectivity index (χ4v) is 5.17. The molecule has 0 saturated heterocycles. The van der Waals surface area contributed by atoms with Gasteiger partial charge < -0.3 is 5.11 Å². The van der Waals surface area contributed by atoms with Crippen molar-refractivity contribution in [3.05, 3.63) is 98.0 Å². The van der Waals surface area contributed by atoms with Gasteiger partial charge in [0.15, 0.2) is 0 Å². The molecule has 174 valence electrons. The number of carbonyl (C=O) groups is 1. The number of fused-ring (bicyclic) bond motifs is 1. The molecule has 1 aliphatic rings. The molecule has 0 bridgehead atoms. The summed E-state index contributed by atoms with van der Waals surface area (Å²) >= 11 is 8.01. The van der Waals surface area contributed by atoms with E-state index in [4.69, 9.17) is 16.2 Å². The number of carboxylic acid groups (broad SMARTS) is 1. The van der Waals surface area contributed by atoms with Gasteiger partial charge in [0.1, 0.15) is 5.54 Å². The van der Waals surface area contributed by atoms with Gasteiger partial charge in [0.2, 0.25) is 0 Å². The van der Waals surface area contributed by atoms with Crippen LogP contribution in [0.1, 0.15) is 28.5 Å². The van der Waals surface area contributed by atoms with E-state index in [9.17, 15) is 18.3 Å². The van der Waals surface area contributed by atoms with E-state index in [0.29, 0.717) is 17.1 Å². The number of hydrogen-bond acceptors (Lipinski definition) is 5. The largest absolute Gasteiger partial charge is 0.480 e. The minimum absolute atomic E-state index is 0.499. The minimum atomic E-state index is -4.00. The lowest BCUT2D eigenvalue weighted by Crippen LogP contribution is -2.51. The first-order chi connectivity index (χ1) is 15.6. The number of hydrogen-bond donors (Lipinski definition) is 2. The van der Waals surface area contributed by atoms with Gasteiger partial charge in [-0.3, -0.25) is 9.45 Å². The van der Waals surface area contributed by atoms with Crippen LogP contribution in [-0.4, -0.2) is 35.5 Å². The van der Waals surface area contributed by atoms with Gasteiger partial charge in [0.05, 0.1) is 5.41 Å². The molecular weight excluding hydrogens is 482 g/mol. The third-order valence-corrected chi connectivity index (χ3v) is 7.32. The zero-order valence-electron chi connectivity index (χ0n) is 17.9. The van der Waals surface area contributed by atoms with Crippen LogP contribution in [0.25, 0.3) is 6.08 Å². The third-order valence-electron chi connectivity index (χ3n) is 5.49. The van der Waals surface area contributed by atoms with Gasteiger partial charge >= 0.3 is 5.97 Å². The lowest BCUT2D eigenvalue weighted by Gasteiger charge is -2.40. The highest BCUT2D eigenvalue weighted by Gasteiger charge is 2.43. The van der Waals surface area contributed by atoms with E-state index in [-0.39, 0.29) is 0 Å². The van der Waals surface area contributed by atoms with Crippen LogP contribution in [0.5, 0.6) is 0 Å². The molecule has 0 saturated carbocycles. The molecule has 0 spiro atoms. The van der Waals surface area contributed by atoms with Crippen molar-refractivity contribution in [3.8, 4) is 0 Å². The number of aliphatic carboxylic acids is 1. The number of nitrogens with zero attached hydrogens (tertiary/aromatic N) is 1. The number of thiophene rings is 1. The molecule has 33 heavy (non-hydrogen) atoms. The lowest BCUT2D eigenvalue weighted by molar-refractivity contribution is -0.152. The topological polar surface area (TPSA) is 94.9 Å². The Labute approximate surface area is 202 Å². The van der Waals surface area contributed by atoms with E-state index in [1.807, 2.05) is 23.1 Å². The van der Waals surface area contributed by atoms with Crippen LogP contribution in [0.2, 0.25) is 5.02 Å². The Balaban J connectivity index is 0.000000218. The summed E-state index contributed by atoms with van der Waals surface area (Å²) in [5.41, 5.74) is 1.50. The highest BCUT2D eigenvalue weighted by Crippen LogP contribution is 2.37. The number of rotatable bonds is 5. The molecule has 0 aliphatic carbocycles. The van der Waals surface area contributed by atoms with Crippen molar-refractivity contribution in [3.63, 3.8) is 0 Å². The second-order valence-corrected chi connectivity index (χ2v) is 10.3. The smallest absolute Gasteiger partial charge is 0.328 e. The third kappa shape index (κ3) is 6.31. The minimum Gasteiger partial charge on any atom is -0.480 e. The molecule has 0 radical (unpaired) electrons. The number of carboxylic acids is 1. The van der Waals surface area contributed by atoms with Gasteiger partial charge in [-0.25, -0.2) is 4.79 Å². The predicted octanol–water partition coefficient (Wildman–Crippen LogP) is 5.30. The standard InChI is InChI=1S/C16H16ClNO2S.C8H8O3S/c1-16(15(19)20,12-4-2-3-5-13(12)17)18-8-6-14-11(10-18)7-9-21-14;9-12(10,11)7-6-8-4-2-1-3-5-8/h2-5,7,9H,6,8,10H2,1H3,(H,19,20);1-7H,(H,9,10,11)/t16-;/m0./s1. The molecule has 2 N–H and O–H groups in total. The van der Waals surface area contributed by atoms with Gasteiger partial charge in [-0.05, 0) is 48.1 Å². The Morgan fingerprint density at radius 3 is 2.42 bits per heavy atom. The summed E-state index contributed by atoms with van der Waals surface area (Å²) in [5, 5.41) is 13.2. The molecular formula is C24H24ClNO5S2. The summed E-state index contributed by atoms with van der Waals surface area (Å²) in [6.07, 6.45) is 2.22. The van der Waals surface area contributed by atoms with E-state index >= 15 is 0 Å². The normalized spacial score (nSPS) is 15.8. The molecule has 1 atom stereocenters. The van der Waals surface area contributed by atoms with Gasteiger partial charge in [-0.15, -0.1) is 11.3 Å². The van der Waals surface area contributed by atoms with Gasteiger partial charge in [0.25, 0.3) is 10.1 Å². The highest BCUT2D eigenvalue weighted by molar-refractivity contribution is 7.88. The van der Waals surface area contributed by atoms with Crippen molar-refractivity contribution < 1.29 is 22.9 Å². The van der Waals surface area contributed by atoms with E-state index in [1.54, 1.807) is 54.7 Å². The molecule has 3 aromatic rings. The summed E-state index contributed by atoms with van der Waals surface area (Å²) in [7, 11) is -4.00. The van der Waals surface area contributed by atoms with E-state index in [1.165, 1.54) is 16.5 Å². The Morgan fingerprint density at radius 1 is 1.12 bits per heavy atom. The van der Waals surface area contributed by atoms with Crippen LogP contribution in [-0.2, 0) is 33.4 Å². The maximum Gasteiger partial charge on any atom is 0.328 e. The fourth-order valence-electron chi connectivity index (χ4n) is 3.64. The highest BCUT2D eigenvalue weighted by atomic mass is 35.5. The van der Waals surface area contributed by atoms with Crippen LogP contribution in [0.15, 0.2) is 71.5 Å². The predicted molar refractivity (Wildman–Crippen MR) is 132 cm³/mol. The average Bonchev–Trinajstić information content (AvgIpc) is 3.26. The number of halogens is 1. The zero-order valence-corrected chi connectivity index (χ0v) is 20.3. The molecule has 2 heterocycles. The Morgan fingerprint density at radius 2 is 1.79 bits per heavy atom. The van der Waals surface area contributed by atoms with Gasteiger partial charge in [0, 0.05) is 28.6 Å². The average molecular weight is 506 g/mol. The van der Waals surface area contributed by atoms with Crippen LogP contribution in [0, 0.1) is 0 Å². The molecule has 0 fully saturated rings. The zero-order chi connectivity index (χ0) is 24.1. The van der Waals surface area contributed by atoms with Crippen molar-refractivity contribution in [1.82, 2.24) is 4.90 Å². The van der Waals surface area contributed by atoms with Crippen LogP contribution >= 0.6 is 22.9 Å². The molecule has 0 amide bonds. The molecule has 6 nitrogen and oxygen atoms in total. The van der Waals surface area contributed by atoms with Crippen molar-refractivity contribution in [2.24, 2.45) is 0 Å². The first kappa shape index (κ1) is 25.1. The maximum atomic E-state index is 12.0. The molecule has 0 unspecified atom stereocenters. The monoisotopic (exact) mass is 505 g/mol. The second kappa shape index (κ2) is 10.6. The summed E-state index contributed by atoms with van der Waals surface area (Å²) in [6.45, 7) is 3.11. The summed E-state index contributed by atoms with van der Waals surface area (Å²) in [4.78, 5) is 15.4. The van der Waals surface area contributed by atoms with Gasteiger partial charge in [-0.2, -0.15) is 8.42 Å². The van der Waals surface area contributed by atoms with Crippen LogP contribution < -0.4 is 0 Å². The van der Waals surface area contributed by atoms with Crippen molar-refractivity contribution >= 4 is 45.1 Å². The van der Waals surface area contributed by atoms with E-state index in [0.717, 1.165) is 23.9 Å². The molecule has 9 heteroatoms. The SMILES string of the molecule is C[C@@](C(=O)O)(c1ccccc1Cl)N1CCc2sccc2C1.O=S(=O)(O)C=Cc1ccccc1. The van der Waals surface area contributed by atoms with Crippen molar-refractivity contribution in [2.75, 3.05) is 6.54 Å². The van der Waals surface area contributed by atoms with E-state index in [2.05, 4.69) is 11.4 Å². The van der Waals surface area contributed by atoms with Crippen molar-refractivity contribution in [2.45, 2.75) is 25.4 Å². The van der Waals surface area contributed by atoms with Crippen LogP contribution in [0.3, 0.4) is 0 Å². The summed E-state index contributed by atoms with van der Waals surface area (Å²) in [6, 6.07) is 18.2. The summed E-state index contributed by atoms with van der Waals surface area (Å²) < 4.78 is 28.9. The molecule has 1 aromatic heterocycles. The Kier molecular flexibility index (Phi) is 8.10. The molecule has 4 rings (SSSR count).